The van der Waals surface area contributed by atoms with Gasteiger partial charge in [-0.05, 0) is 55.2 Å². The molecule has 2 rings (SSSR count). The highest BCUT2D eigenvalue weighted by molar-refractivity contribution is 9.10. The SMILES string of the molecule is CCc1nn(CC)c(CN(CC)C2CCCNC2)c1Br. The van der Waals surface area contributed by atoms with Gasteiger partial charge in [0.1, 0.15) is 0 Å². The van der Waals surface area contributed by atoms with Crippen LogP contribution >= 0.6 is 15.9 Å². The molecule has 1 aliphatic rings. The Balaban J connectivity index is 2.15. The fourth-order valence-electron chi connectivity index (χ4n) is 3.00. The molecule has 1 fully saturated rings. The number of hydrogen-bond donors (Lipinski definition) is 1. The van der Waals surface area contributed by atoms with Crippen LogP contribution in [-0.2, 0) is 19.5 Å². The van der Waals surface area contributed by atoms with Gasteiger partial charge in [-0.1, -0.05) is 13.8 Å². The molecule has 1 saturated heterocycles. The summed E-state index contributed by atoms with van der Waals surface area (Å²) in [5.41, 5.74) is 2.51. The molecule has 5 heteroatoms. The van der Waals surface area contributed by atoms with Crippen LogP contribution in [0.1, 0.15) is 45.0 Å². The molecule has 2 heterocycles. The van der Waals surface area contributed by atoms with E-state index >= 15 is 0 Å². The third-order valence-electron chi connectivity index (χ3n) is 4.24. The molecule has 4 nitrogen and oxygen atoms in total. The quantitative estimate of drug-likeness (QED) is 0.862. The molecule has 1 N–H and O–H groups in total. The zero-order valence-electron chi connectivity index (χ0n) is 13.0. The first-order chi connectivity index (χ1) is 9.71. The molecule has 0 saturated carbocycles. The lowest BCUT2D eigenvalue weighted by Gasteiger charge is -2.34. The van der Waals surface area contributed by atoms with Crippen molar-refractivity contribution in [1.82, 2.24) is 20.0 Å². The van der Waals surface area contributed by atoms with E-state index in [2.05, 4.69) is 51.6 Å². The number of nitrogens with one attached hydrogen (secondary N) is 1. The van der Waals surface area contributed by atoms with Gasteiger partial charge in [0.05, 0.1) is 15.9 Å². The number of aromatic nitrogens is 2. The van der Waals surface area contributed by atoms with Crippen LogP contribution < -0.4 is 5.32 Å². The first-order valence-electron chi connectivity index (χ1n) is 7.90. The molecule has 20 heavy (non-hydrogen) atoms. The highest BCUT2D eigenvalue weighted by atomic mass is 79.9. The summed E-state index contributed by atoms with van der Waals surface area (Å²) in [6.45, 7) is 11.9. The predicted molar refractivity (Wildman–Crippen MR) is 87.0 cm³/mol. The number of nitrogens with zero attached hydrogens (tertiary/aromatic N) is 3. The van der Waals surface area contributed by atoms with E-state index in [1.54, 1.807) is 0 Å². The average molecular weight is 343 g/mol. The molecule has 0 radical (unpaired) electrons. The predicted octanol–water partition coefficient (Wildman–Crippen LogP) is 2.80. The fraction of sp³-hybridized carbons (Fsp3) is 0.800. The maximum Gasteiger partial charge on any atom is 0.0767 e. The molecule has 0 aromatic carbocycles. The summed E-state index contributed by atoms with van der Waals surface area (Å²) in [6, 6.07) is 0.658. The third-order valence-corrected chi connectivity index (χ3v) is 5.16. The van der Waals surface area contributed by atoms with Gasteiger partial charge < -0.3 is 5.32 Å². The van der Waals surface area contributed by atoms with Gasteiger partial charge in [-0.2, -0.15) is 5.10 Å². The Labute approximate surface area is 131 Å². The number of rotatable bonds is 6. The highest BCUT2D eigenvalue weighted by Gasteiger charge is 2.23. The summed E-state index contributed by atoms with van der Waals surface area (Å²) >= 11 is 3.76. The van der Waals surface area contributed by atoms with Crippen molar-refractivity contribution in [2.75, 3.05) is 19.6 Å². The van der Waals surface area contributed by atoms with Gasteiger partial charge in [-0.3, -0.25) is 9.58 Å². The molecule has 0 aliphatic carbocycles. The topological polar surface area (TPSA) is 33.1 Å². The maximum atomic E-state index is 4.71. The van der Waals surface area contributed by atoms with Crippen LogP contribution in [0.15, 0.2) is 4.47 Å². The van der Waals surface area contributed by atoms with Gasteiger partial charge in [0.2, 0.25) is 0 Å². The van der Waals surface area contributed by atoms with Gasteiger partial charge in [0, 0.05) is 25.7 Å². The molecule has 1 aliphatic heterocycles. The molecule has 1 aromatic heterocycles. The molecular formula is C15H27BrN4. The molecule has 114 valence electrons. The van der Waals surface area contributed by atoms with E-state index in [9.17, 15) is 0 Å². The van der Waals surface area contributed by atoms with Crippen molar-refractivity contribution < 1.29 is 0 Å². The smallest absolute Gasteiger partial charge is 0.0767 e. The van der Waals surface area contributed by atoms with Crippen molar-refractivity contribution in [2.45, 2.75) is 59.2 Å². The highest BCUT2D eigenvalue weighted by Crippen LogP contribution is 2.25. The Kier molecular flexibility index (Phi) is 6.05. The van der Waals surface area contributed by atoms with Gasteiger partial charge in [0.25, 0.3) is 0 Å². The number of aryl methyl sites for hydroxylation is 2. The summed E-state index contributed by atoms with van der Waals surface area (Å²) in [6.07, 6.45) is 3.58. The third kappa shape index (κ3) is 3.43. The summed E-state index contributed by atoms with van der Waals surface area (Å²) < 4.78 is 3.37. The summed E-state index contributed by atoms with van der Waals surface area (Å²) in [4.78, 5) is 2.58. The normalized spacial score (nSPS) is 19.8. The van der Waals surface area contributed by atoms with Crippen molar-refractivity contribution in [1.29, 1.82) is 0 Å². The first kappa shape index (κ1) is 16.0. The lowest BCUT2D eigenvalue weighted by atomic mass is 10.1. The number of hydrogen-bond acceptors (Lipinski definition) is 3. The van der Waals surface area contributed by atoms with Crippen LogP contribution in [0.4, 0.5) is 0 Å². The summed E-state index contributed by atoms with van der Waals surface area (Å²) in [5, 5.41) is 8.23. The standard InChI is InChI=1S/C15H27BrN4/c1-4-13-15(16)14(20(6-3)18-13)11-19(5-2)12-8-7-9-17-10-12/h12,17H,4-11H2,1-3H3. The zero-order chi connectivity index (χ0) is 14.5. The lowest BCUT2D eigenvalue weighted by molar-refractivity contribution is 0.161. The molecule has 1 unspecified atom stereocenters. The van der Waals surface area contributed by atoms with Crippen molar-refractivity contribution in [3.8, 4) is 0 Å². The Morgan fingerprint density at radius 2 is 2.20 bits per heavy atom. The van der Waals surface area contributed by atoms with E-state index < -0.39 is 0 Å². The Morgan fingerprint density at radius 1 is 1.40 bits per heavy atom. The van der Waals surface area contributed by atoms with E-state index in [4.69, 9.17) is 5.10 Å². The van der Waals surface area contributed by atoms with E-state index in [0.29, 0.717) is 6.04 Å². The largest absolute Gasteiger partial charge is 0.315 e. The molecule has 1 atom stereocenters. The van der Waals surface area contributed by atoms with Crippen LogP contribution in [0.3, 0.4) is 0 Å². The van der Waals surface area contributed by atoms with Crippen molar-refractivity contribution in [2.24, 2.45) is 0 Å². The minimum absolute atomic E-state index is 0.658. The average Bonchev–Trinajstić information content (AvgIpc) is 2.81. The molecular weight excluding hydrogens is 316 g/mol. The second-order valence-electron chi connectivity index (χ2n) is 5.44. The summed E-state index contributed by atoms with van der Waals surface area (Å²) in [7, 11) is 0. The molecule has 0 amide bonds. The van der Waals surface area contributed by atoms with E-state index in [1.807, 2.05) is 0 Å². The maximum absolute atomic E-state index is 4.71. The van der Waals surface area contributed by atoms with Crippen LogP contribution in [-0.4, -0.2) is 40.4 Å². The van der Waals surface area contributed by atoms with Crippen LogP contribution in [0.2, 0.25) is 0 Å². The van der Waals surface area contributed by atoms with Gasteiger partial charge in [-0.25, -0.2) is 0 Å². The number of likely N-dealkylation sites (N-methyl/N-ethyl adjacent to an activating group) is 1. The van der Waals surface area contributed by atoms with Crippen molar-refractivity contribution >= 4 is 15.9 Å². The number of halogens is 1. The van der Waals surface area contributed by atoms with Crippen LogP contribution in [0.25, 0.3) is 0 Å². The molecule has 0 spiro atoms. The van der Waals surface area contributed by atoms with Crippen molar-refractivity contribution in [3.05, 3.63) is 15.9 Å². The fourth-order valence-corrected chi connectivity index (χ4v) is 3.69. The lowest BCUT2D eigenvalue weighted by Crippen LogP contribution is -2.45. The minimum atomic E-state index is 0.658. The minimum Gasteiger partial charge on any atom is -0.315 e. The van der Waals surface area contributed by atoms with E-state index in [1.165, 1.54) is 35.2 Å². The van der Waals surface area contributed by atoms with Gasteiger partial charge >= 0.3 is 0 Å². The second-order valence-corrected chi connectivity index (χ2v) is 6.23. The Morgan fingerprint density at radius 3 is 2.75 bits per heavy atom. The monoisotopic (exact) mass is 342 g/mol. The van der Waals surface area contributed by atoms with Crippen LogP contribution in [0, 0.1) is 0 Å². The second kappa shape index (κ2) is 7.57. The molecule has 0 bridgehead atoms. The van der Waals surface area contributed by atoms with Crippen LogP contribution in [0.5, 0.6) is 0 Å². The zero-order valence-corrected chi connectivity index (χ0v) is 14.5. The Hall–Kier alpha value is -0.390. The van der Waals surface area contributed by atoms with E-state index in [0.717, 1.165) is 32.6 Å². The van der Waals surface area contributed by atoms with Gasteiger partial charge in [-0.15, -0.1) is 0 Å². The molecule has 1 aromatic rings. The van der Waals surface area contributed by atoms with E-state index in [-0.39, 0.29) is 0 Å². The summed E-state index contributed by atoms with van der Waals surface area (Å²) in [5.74, 6) is 0. The van der Waals surface area contributed by atoms with Gasteiger partial charge in [0.15, 0.2) is 0 Å². The van der Waals surface area contributed by atoms with Crippen molar-refractivity contribution in [3.63, 3.8) is 0 Å². The Bertz CT molecular complexity index is 424. The number of piperidine rings is 1. The first-order valence-corrected chi connectivity index (χ1v) is 8.69.